The molecule has 4 nitrogen and oxygen atoms in total. The van der Waals surface area contributed by atoms with Crippen LogP contribution in [0.3, 0.4) is 0 Å². The number of phenols is 1. The van der Waals surface area contributed by atoms with Gasteiger partial charge in [0, 0.05) is 6.20 Å². The molecule has 102 valence electrons. The largest absolute Gasteiger partial charge is 0.508 e. The molecule has 1 aromatic heterocycles. The van der Waals surface area contributed by atoms with E-state index in [2.05, 4.69) is 10.3 Å². The minimum Gasteiger partial charge on any atom is -0.508 e. The first kappa shape index (κ1) is 12.7. The van der Waals surface area contributed by atoms with Crippen LogP contribution in [0.5, 0.6) is 5.75 Å². The van der Waals surface area contributed by atoms with Crippen LogP contribution in [0.1, 0.15) is 39.6 Å². The molecule has 0 saturated carbocycles. The molecule has 0 bridgehead atoms. The van der Waals surface area contributed by atoms with Gasteiger partial charge in [0.15, 0.2) is 0 Å². The molecule has 0 fully saturated rings. The first-order valence-corrected chi connectivity index (χ1v) is 6.70. The zero-order chi connectivity index (χ0) is 14.1. The van der Waals surface area contributed by atoms with Crippen molar-refractivity contribution >= 4 is 5.91 Å². The number of nitrogens with one attached hydrogen (secondary N) is 1. The Bertz CT molecular complexity index is 667. The lowest BCUT2D eigenvalue weighted by molar-refractivity contribution is 0.0931. The molecule has 0 radical (unpaired) electrons. The fraction of sp³-hybridized carbons (Fsp3) is 0.250. The van der Waals surface area contributed by atoms with Crippen molar-refractivity contribution in [2.24, 2.45) is 0 Å². The van der Waals surface area contributed by atoms with Crippen molar-refractivity contribution in [3.8, 4) is 5.75 Å². The minimum atomic E-state index is -0.163. The Hall–Kier alpha value is -2.36. The SMILES string of the molecule is Cc1cccnc1C(=O)NC1CCc2c(O)cccc21. The third-order valence-corrected chi connectivity index (χ3v) is 3.78. The van der Waals surface area contributed by atoms with E-state index in [9.17, 15) is 9.90 Å². The highest BCUT2D eigenvalue weighted by Crippen LogP contribution is 2.36. The first-order chi connectivity index (χ1) is 9.66. The zero-order valence-electron chi connectivity index (χ0n) is 11.3. The highest BCUT2D eigenvalue weighted by atomic mass is 16.3. The van der Waals surface area contributed by atoms with Crippen molar-refractivity contribution in [1.82, 2.24) is 10.3 Å². The third-order valence-electron chi connectivity index (χ3n) is 3.78. The lowest BCUT2D eigenvalue weighted by Crippen LogP contribution is -2.28. The van der Waals surface area contributed by atoms with E-state index in [0.29, 0.717) is 11.4 Å². The van der Waals surface area contributed by atoms with Crippen molar-refractivity contribution in [2.75, 3.05) is 0 Å². The normalized spacial score (nSPS) is 16.8. The molecule has 2 aromatic rings. The topological polar surface area (TPSA) is 62.2 Å². The number of pyridine rings is 1. The number of aryl methyl sites for hydroxylation is 1. The molecule has 4 heteroatoms. The summed E-state index contributed by atoms with van der Waals surface area (Å²) in [5.74, 6) is 0.151. The lowest BCUT2D eigenvalue weighted by atomic mass is 10.1. The number of aromatic nitrogens is 1. The van der Waals surface area contributed by atoms with E-state index in [4.69, 9.17) is 0 Å². The van der Waals surface area contributed by atoms with E-state index < -0.39 is 0 Å². The van der Waals surface area contributed by atoms with Crippen LogP contribution in [0.2, 0.25) is 0 Å². The molecule has 3 rings (SSSR count). The molecular weight excluding hydrogens is 252 g/mol. The third kappa shape index (κ3) is 2.13. The maximum atomic E-state index is 12.3. The predicted octanol–water partition coefficient (Wildman–Crippen LogP) is 2.51. The van der Waals surface area contributed by atoms with Crippen molar-refractivity contribution in [3.63, 3.8) is 0 Å². The molecule has 1 amide bonds. The van der Waals surface area contributed by atoms with E-state index in [1.165, 1.54) is 0 Å². The molecule has 0 spiro atoms. The van der Waals surface area contributed by atoms with Crippen LogP contribution in [0.25, 0.3) is 0 Å². The van der Waals surface area contributed by atoms with Crippen molar-refractivity contribution in [1.29, 1.82) is 0 Å². The number of aromatic hydroxyl groups is 1. The number of phenolic OH excluding ortho intramolecular Hbond substituents is 1. The molecule has 0 saturated heterocycles. The molecule has 0 aliphatic heterocycles. The number of hydrogen-bond acceptors (Lipinski definition) is 3. The summed E-state index contributed by atoms with van der Waals surface area (Å²) >= 11 is 0. The number of carbonyl (C=O) groups excluding carboxylic acids is 1. The van der Waals surface area contributed by atoms with Crippen LogP contribution in [0.4, 0.5) is 0 Å². The predicted molar refractivity (Wildman–Crippen MR) is 75.6 cm³/mol. The van der Waals surface area contributed by atoms with E-state index in [1.54, 1.807) is 12.3 Å². The Morgan fingerprint density at radius 2 is 2.20 bits per heavy atom. The van der Waals surface area contributed by atoms with Gasteiger partial charge >= 0.3 is 0 Å². The molecule has 20 heavy (non-hydrogen) atoms. The monoisotopic (exact) mass is 268 g/mol. The second-order valence-electron chi connectivity index (χ2n) is 5.08. The Kier molecular flexibility index (Phi) is 3.14. The Morgan fingerprint density at radius 3 is 3.00 bits per heavy atom. The van der Waals surface area contributed by atoms with Gasteiger partial charge in [-0.1, -0.05) is 18.2 Å². The Labute approximate surface area is 117 Å². The van der Waals surface area contributed by atoms with E-state index in [-0.39, 0.29) is 11.9 Å². The molecule has 1 heterocycles. The summed E-state index contributed by atoms with van der Waals surface area (Å²) in [7, 11) is 0. The van der Waals surface area contributed by atoms with Crippen LogP contribution in [0.15, 0.2) is 36.5 Å². The molecule has 1 aromatic carbocycles. The molecular formula is C16H16N2O2. The number of carbonyl (C=O) groups is 1. The summed E-state index contributed by atoms with van der Waals surface area (Å²) in [5.41, 5.74) is 3.27. The number of fused-ring (bicyclic) bond motifs is 1. The molecule has 1 aliphatic rings. The smallest absolute Gasteiger partial charge is 0.270 e. The van der Waals surface area contributed by atoms with Gasteiger partial charge in [0.25, 0.3) is 5.91 Å². The van der Waals surface area contributed by atoms with Gasteiger partial charge in [-0.3, -0.25) is 9.78 Å². The quantitative estimate of drug-likeness (QED) is 0.879. The van der Waals surface area contributed by atoms with E-state index in [1.807, 2.05) is 31.2 Å². The van der Waals surface area contributed by atoms with Gasteiger partial charge in [-0.25, -0.2) is 0 Å². The maximum Gasteiger partial charge on any atom is 0.270 e. The molecule has 1 aliphatic carbocycles. The number of benzene rings is 1. The standard InChI is InChI=1S/C16H16N2O2/c1-10-4-3-9-17-15(10)16(20)18-13-8-7-12-11(13)5-2-6-14(12)19/h2-6,9,13,19H,7-8H2,1H3,(H,18,20). The summed E-state index contributed by atoms with van der Waals surface area (Å²) in [5, 5.41) is 12.8. The van der Waals surface area contributed by atoms with Crippen molar-refractivity contribution in [2.45, 2.75) is 25.8 Å². The maximum absolute atomic E-state index is 12.3. The number of hydrogen-bond donors (Lipinski definition) is 2. The molecule has 1 unspecified atom stereocenters. The van der Waals surface area contributed by atoms with Gasteiger partial charge in [-0.05, 0) is 48.6 Å². The highest BCUT2D eigenvalue weighted by Gasteiger charge is 2.26. The van der Waals surface area contributed by atoms with Crippen LogP contribution in [0, 0.1) is 6.92 Å². The zero-order valence-corrected chi connectivity index (χ0v) is 11.3. The van der Waals surface area contributed by atoms with Crippen molar-refractivity contribution in [3.05, 3.63) is 58.9 Å². The van der Waals surface area contributed by atoms with Crippen LogP contribution in [-0.2, 0) is 6.42 Å². The number of rotatable bonds is 2. The fourth-order valence-corrected chi connectivity index (χ4v) is 2.73. The number of nitrogens with zero attached hydrogens (tertiary/aromatic N) is 1. The summed E-state index contributed by atoms with van der Waals surface area (Å²) in [6.45, 7) is 1.87. The average Bonchev–Trinajstić information content (AvgIpc) is 2.84. The lowest BCUT2D eigenvalue weighted by Gasteiger charge is -2.14. The van der Waals surface area contributed by atoms with Gasteiger partial charge in [0.2, 0.25) is 0 Å². The Morgan fingerprint density at radius 1 is 1.35 bits per heavy atom. The summed E-state index contributed by atoms with van der Waals surface area (Å²) < 4.78 is 0. The molecule has 2 N–H and O–H groups in total. The van der Waals surface area contributed by atoms with Gasteiger partial charge in [-0.2, -0.15) is 0 Å². The molecule has 1 atom stereocenters. The second-order valence-corrected chi connectivity index (χ2v) is 5.08. The average molecular weight is 268 g/mol. The fourth-order valence-electron chi connectivity index (χ4n) is 2.73. The number of amides is 1. The van der Waals surface area contributed by atoms with Gasteiger partial charge in [0.05, 0.1) is 6.04 Å². The summed E-state index contributed by atoms with van der Waals surface area (Å²) in [6.07, 6.45) is 3.22. The summed E-state index contributed by atoms with van der Waals surface area (Å²) in [4.78, 5) is 16.4. The summed E-state index contributed by atoms with van der Waals surface area (Å²) in [6, 6.07) is 9.09. The minimum absolute atomic E-state index is 0.0500. The van der Waals surface area contributed by atoms with Gasteiger partial charge < -0.3 is 10.4 Å². The van der Waals surface area contributed by atoms with Crippen LogP contribution >= 0.6 is 0 Å². The van der Waals surface area contributed by atoms with Crippen LogP contribution < -0.4 is 5.32 Å². The van der Waals surface area contributed by atoms with Gasteiger partial charge in [0.1, 0.15) is 11.4 Å². The Balaban J connectivity index is 1.83. The first-order valence-electron chi connectivity index (χ1n) is 6.70. The highest BCUT2D eigenvalue weighted by molar-refractivity contribution is 5.93. The van der Waals surface area contributed by atoms with E-state index in [0.717, 1.165) is 29.5 Å². The van der Waals surface area contributed by atoms with Crippen molar-refractivity contribution < 1.29 is 9.90 Å². The second kappa shape index (κ2) is 4.96. The van der Waals surface area contributed by atoms with Crippen LogP contribution in [-0.4, -0.2) is 16.0 Å². The van der Waals surface area contributed by atoms with Gasteiger partial charge in [-0.15, -0.1) is 0 Å². The van der Waals surface area contributed by atoms with E-state index >= 15 is 0 Å².